The second kappa shape index (κ2) is 10.1. The third kappa shape index (κ3) is 4.93. The van der Waals surface area contributed by atoms with Crippen LogP contribution >= 0.6 is 23.2 Å². The number of hydrazone groups is 1. The van der Waals surface area contributed by atoms with Crippen molar-refractivity contribution in [3.8, 4) is 0 Å². The van der Waals surface area contributed by atoms with E-state index in [-0.39, 0.29) is 5.91 Å². The molecule has 0 saturated carbocycles. The van der Waals surface area contributed by atoms with Gasteiger partial charge in [-0.05, 0) is 67.8 Å². The van der Waals surface area contributed by atoms with Gasteiger partial charge in [-0.3, -0.25) is 4.79 Å². The summed E-state index contributed by atoms with van der Waals surface area (Å²) in [7, 11) is 0. The Morgan fingerprint density at radius 3 is 2.51 bits per heavy atom. The number of carbonyl (C=O) groups excluding carboxylic acids is 1. The lowest BCUT2D eigenvalue weighted by Crippen LogP contribution is -2.19. The molecule has 7 heteroatoms. The topological polar surface area (TPSA) is 49.6 Å². The van der Waals surface area contributed by atoms with Crippen LogP contribution in [0.25, 0.3) is 10.9 Å². The summed E-state index contributed by atoms with van der Waals surface area (Å²) in [5, 5.41) is 6.59. The van der Waals surface area contributed by atoms with Gasteiger partial charge in [0, 0.05) is 63.1 Å². The number of fused-ring (bicyclic) bond motifs is 1. The molecular weight excluding hydrogens is 479 g/mol. The molecule has 0 aliphatic carbocycles. The molecule has 0 spiro atoms. The maximum atomic E-state index is 12.7. The standard InChI is InChI=1S/C28H26Cl2N4O/c1-19-25(17-31-32-28(35)20-9-12-23(13-10-20)33-14-4-5-15-33)24-6-2-3-7-27(24)34(19)18-21-8-11-22(29)16-26(21)30/h2-3,6-13,16-17H,4-5,14-15,18H2,1H3,(H,32,35)/b31-17-. The summed E-state index contributed by atoms with van der Waals surface area (Å²) in [4.78, 5) is 15.0. The number of rotatable bonds is 6. The van der Waals surface area contributed by atoms with Crippen molar-refractivity contribution < 1.29 is 4.79 Å². The molecule has 5 rings (SSSR count). The fourth-order valence-electron chi connectivity index (χ4n) is 4.66. The van der Waals surface area contributed by atoms with Gasteiger partial charge in [-0.25, -0.2) is 5.43 Å². The summed E-state index contributed by atoms with van der Waals surface area (Å²) in [6, 6.07) is 21.4. The van der Waals surface area contributed by atoms with E-state index < -0.39 is 0 Å². The minimum absolute atomic E-state index is 0.233. The molecule has 0 radical (unpaired) electrons. The molecule has 2 heterocycles. The smallest absolute Gasteiger partial charge is 0.271 e. The number of amides is 1. The Bertz CT molecular complexity index is 1400. The molecule has 0 atom stereocenters. The molecule has 1 aliphatic rings. The van der Waals surface area contributed by atoms with Crippen LogP contribution in [0, 0.1) is 6.92 Å². The van der Waals surface area contributed by atoms with Gasteiger partial charge in [0.15, 0.2) is 0 Å². The van der Waals surface area contributed by atoms with Crippen LogP contribution in [0.2, 0.25) is 10.0 Å². The minimum Gasteiger partial charge on any atom is -0.372 e. The van der Waals surface area contributed by atoms with E-state index in [1.165, 1.54) is 12.8 Å². The van der Waals surface area contributed by atoms with Crippen LogP contribution in [0.3, 0.4) is 0 Å². The number of nitrogens with one attached hydrogen (secondary N) is 1. The maximum Gasteiger partial charge on any atom is 0.271 e. The first-order valence-corrected chi connectivity index (χ1v) is 12.5. The molecule has 0 unspecified atom stereocenters. The van der Waals surface area contributed by atoms with Gasteiger partial charge in [0.2, 0.25) is 0 Å². The van der Waals surface area contributed by atoms with Crippen molar-refractivity contribution in [3.63, 3.8) is 0 Å². The first-order chi connectivity index (χ1) is 17.0. The zero-order valence-electron chi connectivity index (χ0n) is 19.5. The van der Waals surface area contributed by atoms with Crippen molar-refractivity contribution in [2.75, 3.05) is 18.0 Å². The molecule has 35 heavy (non-hydrogen) atoms. The van der Waals surface area contributed by atoms with E-state index in [2.05, 4.69) is 32.1 Å². The van der Waals surface area contributed by atoms with Crippen molar-refractivity contribution in [1.82, 2.24) is 9.99 Å². The van der Waals surface area contributed by atoms with Crippen molar-refractivity contribution in [1.29, 1.82) is 0 Å². The Hall–Kier alpha value is -3.28. The number of hydrogen-bond acceptors (Lipinski definition) is 3. The summed E-state index contributed by atoms with van der Waals surface area (Å²) < 4.78 is 2.20. The van der Waals surface area contributed by atoms with E-state index in [1.54, 1.807) is 12.3 Å². The summed E-state index contributed by atoms with van der Waals surface area (Å²) in [6.45, 7) is 4.80. The summed E-state index contributed by atoms with van der Waals surface area (Å²) >= 11 is 12.5. The molecule has 1 saturated heterocycles. The van der Waals surface area contributed by atoms with E-state index in [4.69, 9.17) is 23.2 Å². The zero-order chi connectivity index (χ0) is 24.4. The number of benzene rings is 3. The molecule has 178 valence electrons. The number of hydrogen-bond donors (Lipinski definition) is 1. The second-order valence-corrected chi connectivity index (χ2v) is 9.62. The van der Waals surface area contributed by atoms with Crippen LogP contribution in [0.15, 0.2) is 71.8 Å². The van der Waals surface area contributed by atoms with Crippen molar-refractivity contribution in [2.45, 2.75) is 26.3 Å². The normalized spacial score (nSPS) is 13.7. The predicted molar refractivity (Wildman–Crippen MR) is 145 cm³/mol. The fourth-order valence-corrected chi connectivity index (χ4v) is 5.13. The molecule has 1 amide bonds. The van der Waals surface area contributed by atoms with Gasteiger partial charge >= 0.3 is 0 Å². The SMILES string of the molecule is Cc1c(/C=N\NC(=O)c2ccc(N3CCCC3)cc2)c2ccccc2n1Cc1ccc(Cl)cc1Cl. The lowest BCUT2D eigenvalue weighted by atomic mass is 10.1. The number of aromatic nitrogens is 1. The zero-order valence-corrected chi connectivity index (χ0v) is 21.0. The first-order valence-electron chi connectivity index (χ1n) is 11.7. The van der Waals surface area contributed by atoms with Crippen LogP contribution in [-0.4, -0.2) is 29.8 Å². The lowest BCUT2D eigenvalue weighted by molar-refractivity contribution is 0.0955. The number of anilines is 1. The average molecular weight is 505 g/mol. The van der Waals surface area contributed by atoms with Gasteiger partial charge in [0.25, 0.3) is 5.91 Å². The number of nitrogens with zero attached hydrogens (tertiary/aromatic N) is 3. The van der Waals surface area contributed by atoms with E-state index in [1.807, 2.05) is 55.5 Å². The molecule has 3 aromatic carbocycles. The van der Waals surface area contributed by atoms with Gasteiger partial charge in [-0.1, -0.05) is 47.5 Å². The molecule has 0 bridgehead atoms. The van der Waals surface area contributed by atoms with Crippen molar-refractivity contribution >= 4 is 51.9 Å². The lowest BCUT2D eigenvalue weighted by Gasteiger charge is -2.17. The predicted octanol–water partition coefficient (Wildman–Crippen LogP) is 6.67. The first kappa shape index (κ1) is 23.5. The fraction of sp³-hybridized carbons (Fsp3) is 0.214. The van der Waals surface area contributed by atoms with Gasteiger partial charge in [0.05, 0.1) is 6.21 Å². The average Bonchev–Trinajstić information content (AvgIpc) is 3.49. The van der Waals surface area contributed by atoms with Crippen LogP contribution in [-0.2, 0) is 6.54 Å². The highest BCUT2D eigenvalue weighted by molar-refractivity contribution is 6.35. The monoisotopic (exact) mass is 504 g/mol. The van der Waals surface area contributed by atoms with Crippen LogP contribution < -0.4 is 10.3 Å². The van der Waals surface area contributed by atoms with Crippen LogP contribution in [0.4, 0.5) is 5.69 Å². The van der Waals surface area contributed by atoms with Gasteiger partial charge in [0.1, 0.15) is 0 Å². The highest BCUT2D eigenvalue weighted by Gasteiger charge is 2.15. The second-order valence-electron chi connectivity index (χ2n) is 8.78. The van der Waals surface area contributed by atoms with E-state index in [0.717, 1.165) is 46.5 Å². The Morgan fingerprint density at radius 1 is 1.03 bits per heavy atom. The Kier molecular flexibility index (Phi) is 6.80. The summed E-state index contributed by atoms with van der Waals surface area (Å²) in [6.07, 6.45) is 4.16. The highest BCUT2D eigenvalue weighted by Crippen LogP contribution is 2.28. The largest absolute Gasteiger partial charge is 0.372 e. The number of carbonyl (C=O) groups is 1. The molecule has 1 aromatic heterocycles. The number of para-hydroxylation sites is 1. The quantitative estimate of drug-likeness (QED) is 0.235. The van der Waals surface area contributed by atoms with Crippen LogP contribution in [0.5, 0.6) is 0 Å². The van der Waals surface area contributed by atoms with E-state index in [0.29, 0.717) is 22.2 Å². The molecule has 1 aliphatic heterocycles. The summed E-state index contributed by atoms with van der Waals surface area (Å²) in [5.74, 6) is -0.233. The van der Waals surface area contributed by atoms with E-state index in [9.17, 15) is 4.79 Å². The third-order valence-corrected chi connectivity index (χ3v) is 7.17. The number of halogens is 2. The molecule has 1 N–H and O–H groups in total. The maximum absolute atomic E-state index is 12.7. The molecule has 5 nitrogen and oxygen atoms in total. The molecule has 4 aromatic rings. The Labute approximate surface area is 215 Å². The summed E-state index contributed by atoms with van der Waals surface area (Å²) in [5.41, 5.74) is 8.46. The van der Waals surface area contributed by atoms with Crippen molar-refractivity contribution in [3.05, 3.63) is 99.2 Å². The third-order valence-electron chi connectivity index (χ3n) is 6.58. The minimum atomic E-state index is -0.233. The van der Waals surface area contributed by atoms with Gasteiger partial charge < -0.3 is 9.47 Å². The molecular formula is C28H26Cl2N4O. The highest BCUT2D eigenvalue weighted by atomic mass is 35.5. The van der Waals surface area contributed by atoms with Crippen LogP contribution in [0.1, 0.15) is 40.0 Å². The molecule has 1 fully saturated rings. The van der Waals surface area contributed by atoms with Gasteiger partial charge in [-0.2, -0.15) is 5.10 Å². The van der Waals surface area contributed by atoms with E-state index >= 15 is 0 Å². The van der Waals surface area contributed by atoms with Crippen molar-refractivity contribution in [2.24, 2.45) is 5.10 Å². The Morgan fingerprint density at radius 2 is 1.77 bits per heavy atom. The Balaban J connectivity index is 1.35. The van der Waals surface area contributed by atoms with Gasteiger partial charge in [-0.15, -0.1) is 0 Å².